The van der Waals surface area contributed by atoms with Crippen LogP contribution < -0.4 is 0 Å². The van der Waals surface area contributed by atoms with Crippen LogP contribution in [0, 0.1) is 52.3 Å². The van der Waals surface area contributed by atoms with Crippen molar-refractivity contribution in [3.63, 3.8) is 0 Å². The van der Waals surface area contributed by atoms with Crippen LogP contribution in [0.25, 0.3) is 0 Å². The van der Waals surface area contributed by atoms with Crippen molar-refractivity contribution < 1.29 is 4.79 Å². The van der Waals surface area contributed by atoms with Crippen molar-refractivity contribution in [1.82, 2.24) is 0 Å². The molecule has 4 aliphatic rings. The van der Waals surface area contributed by atoms with Gasteiger partial charge in [0.05, 0.1) is 12.0 Å². The number of nitriles is 1. The molecule has 0 aromatic carbocycles. The molecule has 4 aliphatic carbocycles. The minimum atomic E-state index is 0.264. The van der Waals surface area contributed by atoms with Crippen molar-refractivity contribution in [3.8, 4) is 6.07 Å². The number of hydrogen-bond acceptors (Lipinski definition) is 2. The molecule has 124 valence electrons. The summed E-state index contributed by atoms with van der Waals surface area (Å²) >= 11 is 0. The van der Waals surface area contributed by atoms with E-state index in [-0.39, 0.29) is 11.3 Å². The zero-order valence-corrected chi connectivity index (χ0v) is 14.6. The van der Waals surface area contributed by atoms with Gasteiger partial charge in [-0.3, -0.25) is 4.79 Å². The van der Waals surface area contributed by atoms with Gasteiger partial charge in [0, 0.05) is 6.42 Å². The fourth-order valence-electron chi connectivity index (χ4n) is 6.95. The first kappa shape index (κ1) is 15.4. The molecule has 7 atom stereocenters. The van der Waals surface area contributed by atoms with Crippen LogP contribution in [0.1, 0.15) is 65.2 Å². The molecule has 0 N–H and O–H groups in total. The minimum Gasteiger partial charge on any atom is -0.295 e. The quantitative estimate of drug-likeness (QED) is 0.690. The van der Waals surface area contributed by atoms with E-state index in [0.29, 0.717) is 17.6 Å². The Labute approximate surface area is 140 Å². The van der Waals surface area contributed by atoms with E-state index in [2.05, 4.69) is 19.9 Å². The molecule has 0 saturated heterocycles. The Bertz CT molecular complexity index is 585. The summed E-state index contributed by atoms with van der Waals surface area (Å²) in [7, 11) is 0. The second-order valence-electron chi connectivity index (χ2n) is 8.83. The van der Waals surface area contributed by atoms with Gasteiger partial charge in [0.1, 0.15) is 0 Å². The van der Waals surface area contributed by atoms with Crippen LogP contribution in [0.4, 0.5) is 0 Å². The fourth-order valence-corrected chi connectivity index (χ4v) is 6.95. The van der Waals surface area contributed by atoms with E-state index >= 15 is 0 Å². The van der Waals surface area contributed by atoms with Gasteiger partial charge in [0.15, 0.2) is 5.78 Å². The van der Waals surface area contributed by atoms with Gasteiger partial charge in [-0.25, -0.2) is 0 Å². The first-order valence-corrected chi connectivity index (χ1v) is 9.72. The van der Waals surface area contributed by atoms with Crippen LogP contribution in [-0.2, 0) is 4.79 Å². The molecular formula is C21H29NO. The zero-order valence-electron chi connectivity index (χ0n) is 14.6. The van der Waals surface area contributed by atoms with Crippen molar-refractivity contribution in [2.75, 3.05) is 0 Å². The molecule has 0 aromatic heterocycles. The summed E-state index contributed by atoms with van der Waals surface area (Å²) in [6, 6.07) is 2.63. The van der Waals surface area contributed by atoms with Gasteiger partial charge in [-0.2, -0.15) is 5.26 Å². The molecule has 23 heavy (non-hydrogen) atoms. The van der Waals surface area contributed by atoms with Gasteiger partial charge in [0.25, 0.3) is 0 Å². The molecule has 0 heterocycles. The van der Waals surface area contributed by atoms with Gasteiger partial charge in [-0.05, 0) is 86.0 Å². The van der Waals surface area contributed by atoms with E-state index in [1.807, 2.05) is 6.08 Å². The largest absolute Gasteiger partial charge is 0.295 e. The smallest absolute Gasteiger partial charge is 0.155 e. The molecule has 3 fully saturated rings. The molecule has 4 rings (SSSR count). The van der Waals surface area contributed by atoms with Crippen molar-refractivity contribution in [2.45, 2.75) is 65.2 Å². The summed E-state index contributed by atoms with van der Waals surface area (Å²) in [4.78, 5) is 11.9. The molecule has 0 aliphatic heterocycles. The highest BCUT2D eigenvalue weighted by Crippen LogP contribution is 2.64. The van der Waals surface area contributed by atoms with Gasteiger partial charge < -0.3 is 0 Å². The number of ketones is 1. The Balaban J connectivity index is 1.68. The summed E-state index contributed by atoms with van der Waals surface area (Å²) in [6.45, 7) is 4.70. The van der Waals surface area contributed by atoms with Gasteiger partial charge in [-0.15, -0.1) is 0 Å². The van der Waals surface area contributed by atoms with Crippen molar-refractivity contribution >= 4 is 5.78 Å². The molecule has 0 aromatic rings. The number of carbonyl (C=O) groups excluding carboxylic acids is 1. The monoisotopic (exact) mass is 311 g/mol. The normalized spacial score (nSPS) is 48.7. The maximum Gasteiger partial charge on any atom is 0.155 e. The van der Waals surface area contributed by atoms with Crippen molar-refractivity contribution in [2.24, 2.45) is 40.9 Å². The van der Waals surface area contributed by atoms with Gasteiger partial charge in [0.2, 0.25) is 0 Å². The second-order valence-corrected chi connectivity index (χ2v) is 8.83. The lowest BCUT2D eigenvalue weighted by Gasteiger charge is -2.55. The standard InChI is InChI=1S/C21H29NO/c1-3-13-10-19-17(16-6-5-15(23)11-18(13)16)8-9-21(2)14(12-22)4-7-20(19)21/h11,13-14,16-17,19-20H,3-10H2,1-2H3. The van der Waals surface area contributed by atoms with Crippen LogP contribution in [0.2, 0.25) is 0 Å². The van der Waals surface area contributed by atoms with E-state index in [1.54, 1.807) is 0 Å². The number of carbonyl (C=O) groups is 1. The SMILES string of the molecule is CCC1CC2C(CCC3(C)C(C#N)CCC23)C2CCC(=O)C=C12. The van der Waals surface area contributed by atoms with E-state index in [0.717, 1.165) is 37.0 Å². The lowest BCUT2D eigenvalue weighted by molar-refractivity contribution is -0.116. The van der Waals surface area contributed by atoms with Crippen LogP contribution >= 0.6 is 0 Å². The Morgan fingerprint density at radius 2 is 2.09 bits per heavy atom. The highest BCUT2D eigenvalue weighted by molar-refractivity contribution is 5.91. The fraction of sp³-hybridized carbons (Fsp3) is 0.810. The third kappa shape index (κ3) is 2.15. The number of rotatable bonds is 1. The summed E-state index contributed by atoms with van der Waals surface area (Å²) in [5, 5.41) is 9.58. The predicted molar refractivity (Wildman–Crippen MR) is 90.4 cm³/mol. The topological polar surface area (TPSA) is 40.9 Å². The van der Waals surface area contributed by atoms with Gasteiger partial charge in [-0.1, -0.05) is 19.4 Å². The average molecular weight is 311 g/mol. The Hall–Kier alpha value is -1.10. The average Bonchev–Trinajstić information content (AvgIpc) is 2.90. The highest BCUT2D eigenvalue weighted by atomic mass is 16.1. The van der Waals surface area contributed by atoms with Crippen molar-refractivity contribution in [3.05, 3.63) is 11.6 Å². The number of allylic oxidation sites excluding steroid dienone is 1. The number of nitrogens with zero attached hydrogens (tertiary/aromatic N) is 1. The molecule has 0 amide bonds. The zero-order chi connectivity index (χ0) is 16.2. The van der Waals surface area contributed by atoms with E-state index in [9.17, 15) is 10.1 Å². The molecule has 2 nitrogen and oxygen atoms in total. The van der Waals surface area contributed by atoms with E-state index in [1.165, 1.54) is 37.7 Å². The molecule has 2 heteroatoms. The predicted octanol–water partition coefficient (Wildman–Crippen LogP) is 4.90. The number of fused-ring (bicyclic) bond motifs is 5. The lowest BCUT2D eigenvalue weighted by Crippen LogP contribution is -2.48. The molecule has 0 spiro atoms. The lowest BCUT2D eigenvalue weighted by atomic mass is 9.49. The first-order chi connectivity index (χ1) is 11.1. The van der Waals surface area contributed by atoms with E-state index < -0.39 is 0 Å². The Kier molecular flexibility index (Phi) is 3.67. The summed E-state index contributed by atoms with van der Waals surface area (Å²) in [5.74, 6) is 4.26. The van der Waals surface area contributed by atoms with Crippen LogP contribution in [0.3, 0.4) is 0 Å². The molecule has 0 bridgehead atoms. The molecular weight excluding hydrogens is 282 g/mol. The van der Waals surface area contributed by atoms with Crippen LogP contribution in [0.15, 0.2) is 11.6 Å². The summed E-state index contributed by atoms with van der Waals surface area (Å²) < 4.78 is 0. The van der Waals surface area contributed by atoms with E-state index in [4.69, 9.17) is 0 Å². The maximum absolute atomic E-state index is 11.9. The third-order valence-corrected chi connectivity index (χ3v) is 8.14. The Morgan fingerprint density at radius 3 is 2.83 bits per heavy atom. The van der Waals surface area contributed by atoms with Gasteiger partial charge >= 0.3 is 0 Å². The highest BCUT2D eigenvalue weighted by Gasteiger charge is 2.57. The summed E-state index contributed by atoms with van der Waals surface area (Å²) in [6.07, 6.45) is 11.2. The third-order valence-electron chi connectivity index (χ3n) is 8.14. The number of hydrogen-bond donors (Lipinski definition) is 0. The first-order valence-electron chi connectivity index (χ1n) is 9.72. The van der Waals surface area contributed by atoms with Crippen molar-refractivity contribution in [1.29, 1.82) is 5.26 Å². The minimum absolute atomic E-state index is 0.264. The molecule has 0 radical (unpaired) electrons. The summed E-state index contributed by atoms with van der Waals surface area (Å²) in [5.41, 5.74) is 1.77. The van der Waals surface area contributed by atoms with Crippen LogP contribution in [0.5, 0.6) is 0 Å². The molecule has 7 unspecified atom stereocenters. The maximum atomic E-state index is 11.9. The second kappa shape index (κ2) is 5.47. The van der Waals surface area contributed by atoms with Crippen LogP contribution in [-0.4, -0.2) is 5.78 Å². The Morgan fingerprint density at radius 1 is 1.26 bits per heavy atom. The molecule has 3 saturated carbocycles.